The normalized spacial score (nSPS) is 12.8. The van der Waals surface area contributed by atoms with Gasteiger partial charge in [-0.25, -0.2) is 0 Å². The number of nitrogens with one attached hydrogen (secondary N) is 1. The summed E-state index contributed by atoms with van der Waals surface area (Å²) < 4.78 is 40.8. The minimum atomic E-state index is -4.36. The molecule has 4 aromatic rings. The summed E-state index contributed by atoms with van der Waals surface area (Å²) >= 11 is 0. The molecule has 1 heterocycles. The third kappa shape index (κ3) is 4.13. The van der Waals surface area contributed by atoms with Crippen molar-refractivity contribution in [3.8, 4) is 11.3 Å². The van der Waals surface area contributed by atoms with Gasteiger partial charge in [-0.1, -0.05) is 72.8 Å². The van der Waals surface area contributed by atoms with Gasteiger partial charge in [0, 0.05) is 16.8 Å². The molecule has 0 bridgehead atoms. The highest BCUT2D eigenvalue weighted by Crippen LogP contribution is 2.43. The highest BCUT2D eigenvalue weighted by molar-refractivity contribution is 6.58. The van der Waals surface area contributed by atoms with Crippen molar-refractivity contribution in [2.24, 2.45) is 0 Å². The first-order chi connectivity index (χ1) is 14.3. The topological polar surface area (TPSA) is 56.2 Å². The Morgan fingerprint density at radius 2 is 1.57 bits per heavy atom. The second-order valence-electron chi connectivity index (χ2n) is 7.24. The van der Waals surface area contributed by atoms with Crippen LogP contribution in [-0.4, -0.2) is 28.3 Å². The van der Waals surface area contributed by atoms with Crippen LogP contribution in [0.4, 0.5) is 13.2 Å². The SMILES string of the molecule is OB(O)c1cccc(-c2[nH]c3ccccc3c2C(CC(F)(F)F)c2ccccc2)c1. The van der Waals surface area contributed by atoms with Gasteiger partial charge in [0.1, 0.15) is 0 Å². The monoisotopic (exact) mass is 409 g/mol. The number of para-hydroxylation sites is 1. The Bertz CT molecular complexity index is 1160. The number of rotatable bonds is 5. The lowest BCUT2D eigenvalue weighted by Crippen LogP contribution is -2.29. The van der Waals surface area contributed by atoms with Gasteiger partial charge in [0.15, 0.2) is 0 Å². The molecule has 0 aliphatic heterocycles. The van der Waals surface area contributed by atoms with Crippen molar-refractivity contribution in [3.05, 3.63) is 90.0 Å². The highest BCUT2D eigenvalue weighted by atomic mass is 19.4. The predicted molar refractivity (Wildman–Crippen MR) is 113 cm³/mol. The van der Waals surface area contributed by atoms with Gasteiger partial charge < -0.3 is 15.0 Å². The van der Waals surface area contributed by atoms with Crippen LogP contribution in [0.15, 0.2) is 78.9 Å². The fraction of sp³-hybridized carbons (Fsp3) is 0.130. The quantitative estimate of drug-likeness (QED) is 0.422. The summed E-state index contributed by atoms with van der Waals surface area (Å²) in [6.45, 7) is 0. The summed E-state index contributed by atoms with van der Waals surface area (Å²) in [5, 5.41) is 19.8. The maximum atomic E-state index is 13.6. The van der Waals surface area contributed by atoms with Crippen molar-refractivity contribution in [2.45, 2.75) is 18.5 Å². The summed E-state index contributed by atoms with van der Waals surface area (Å²) in [6, 6.07) is 22.4. The van der Waals surface area contributed by atoms with Gasteiger partial charge in [-0.15, -0.1) is 0 Å². The first-order valence-corrected chi connectivity index (χ1v) is 9.52. The van der Waals surface area contributed by atoms with Crippen LogP contribution in [-0.2, 0) is 0 Å². The van der Waals surface area contributed by atoms with Gasteiger partial charge >= 0.3 is 13.3 Å². The van der Waals surface area contributed by atoms with Gasteiger partial charge in [-0.05, 0) is 28.2 Å². The van der Waals surface area contributed by atoms with E-state index in [4.69, 9.17) is 0 Å². The van der Waals surface area contributed by atoms with E-state index >= 15 is 0 Å². The van der Waals surface area contributed by atoms with Gasteiger partial charge in [-0.2, -0.15) is 13.2 Å². The Kier molecular flexibility index (Phi) is 5.41. The van der Waals surface area contributed by atoms with E-state index in [1.165, 1.54) is 0 Å². The molecule has 1 unspecified atom stereocenters. The molecule has 0 aliphatic carbocycles. The average molecular weight is 409 g/mol. The number of halogens is 3. The molecule has 0 fully saturated rings. The molecular weight excluding hydrogens is 390 g/mol. The zero-order valence-corrected chi connectivity index (χ0v) is 15.9. The minimum absolute atomic E-state index is 0.268. The van der Waals surface area contributed by atoms with Crippen LogP contribution in [0.5, 0.6) is 0 Å². The Labute approximate surface area is 172 Å². The Morgan fingerprint density at radius 3 is 2.27 bits per heavy atom. The molecule has 152 valence electrons. The van der Waals surface area contributed by atoms with Gasteiger partial charge in [0.25, 0.3) is 0 Å². The van der Waals surface area contributed by atoms with Crippen LogP contribution in [0, 0.1) is 0 Å². The molecule has 0 aliphatic rings. The zero-order valence-electron chi connectivity index (χ0n) is 15.9. The van der Waals surface area contributed by atoms with E-state index in [9.17, 15) is 23.2 Å². The van der Waals surface area contributed by atoms with E-state index in [2.05, 4.69) is 4.98 Å². The van der Waals surface area contributed by atoms with Crippen LogP contribution >= 0.6 is 0 Å². The number of aromatic nitrogens is 1. The lowest BCUT2D eigenvalue weighted by molar-refractivity contribution is -0.136. The zero-order chi connectivity index (χ0) is 21.3. The second-order valence-corrected chi connectivity index (χ2v) is 7.24. The van der Waals surface area contributed by atoms with Crippen LogP contribution in [0.1, 0.15) is 23.5 Å². The first kappa shape index (κ1) is 20.3. The van der Waals surface area contributed by atoms with E-state index in [1.807, 2.05) is 18.2 Å². The summed E-state index contributed by atoms with van der Waals surface area (Å²) in [6.07, 6.45) is -5.37. The molecule has 0 spiro atoms. The molecule has 0 saturated heterocycles. The molecule has 7 heteroatoms. The van der Waals surface area contributed by atoms with E-state index in [1.54, 1.807) is 60.7 Å². The van der Waals surface area contributed by atoms with Gasteiger partial charge in [0.05, 0.1) is 12.1 Å². The van der Waals surface area contributed by atoms with Crippen molar-refractivity contribution in [3.63, 3.8) is 0 Å². The third-order valence-electron chi connectivity index (χ3n) is 5.21. The molecule has 3 N–H and O–H groups in total. The van der Waals surface area contributed by atoms with Crippen molar-refractivity contribution in [1.82, 2.24) is 4.98 Å². The van der Waals surface area contributed by atoms with Crippen LogP contribution < -0.4 is 5.46 Å². The number of hydrogen-bond acceptors (Lipinski definition) is 2. The fourth-order valence-corrected chi connectivity index (χ4v) is 3.91. The van der Waals surface area contributed by atoms with E-state index in [0.29, 0.717) is 27.8 Å². The molecule has 4 rings (SSSR count). The van der Waals surface area contributed by atoms with Crippen LogP contribution in [0.3, 0.4) is 0 Å². The van der Waals surface area contributed by atoms with Crippen molar-refractivity contribution in [1.29, 1.82) is 0 Å². The average Bonchev–Trinajstić information content (AvgIpc) is 3.11. The molecule has 0 radical (unpaired) electrons. The molecule has 0 saturated carbocycles. The standard InChI is InChI=1S/C23H19BF3NO2/c25-23(26,27)14-19(15-7-2-1-3-8-15)21-18-11-4-5-12-20(18)28-22(21)16-9-6-10-17(13-16)24(29)30/h1-13,19,28-30H,14H2. The maximum absolute atomic E-state index is 13.6. The molecular formula is C23H19BF3NO2. The summed E-state index contributed by atoms with van der Waals surface area (Å²) in [4.78, 5) is 3.25. The van der Waals surface area contributed by atoms with Crippen molar-refractivity contribution < 1.29 is 23.2 Å². The van der Waals surface area contributed by atoms with Crippen molar-refractivity contribution in [2.75, 3.05) is 0 Å². The number of alkyl halides is 3. The molecule has 0 amide bonds. The molecule has 1 atom stereocenters. The van der Waals surface area contributed by atoms with Gasteiger partial charge in [-0.3, -0.25) is 0 Å². The largest absolute Gasteiger partial charge is 0.488 e. The van der Waals surface area contributed by atoms with E-state index < -0.39 is 25.6 Å². The van der Waals surface area contributed by atoms with E-state index in [0.717, 1.165) is 5.52 Å². The lowest BCUT2D eigenvalue weighted by atomic mass is 9.78. The second kappa shape index (κ2) is 8.01. The first-order valence-electron chi connectivity index (χ1n) is 9.52. The Hall–Kier alpha value is -3.03. The molecule has 30 heavy (non-hydrogen) atoms. The number of fused-ring (bicyclic) bond motifs is 1. The Balaban J connectivity index is 1.98. The number of hydrogen-bond donors (Lipinski definition) is 3. The molecule has 3 aromatic carbocycles. The number of aromatic amines is 1. The predicted octanol–water partition coefficient (Wildman–Crippen LogP) is 4.60. The van der Waals surface area contributed by atoms with Gasteiger partial charge in [0.2, 0.25) is 0 Å². The summed E-state index contributed by atoms with van der Waals surface area (Å²) in [5.41, 5.74) is 3.23. The summed E-state index contributed by atoms with van der Waals surface area (Å²) in [5.74, 6) is -0.917. The number of H-pyrrole nitrogens is 1. The maximum Gasteiger partial charge on any atom is 0.488 e. The smallest absolute Gasteiger partial charge is 0.423 e. The van der Waals surface area contributed by atoms with Crippen LogP contribution in [0.2, 0.25) is 0 Å². The summed E-state index contributed by atoms with van der Waals surface area (Å²) in [7, 11) is -1.67. The molecule has 1 aromatic heterocycles. The van der Waals surface area contributed by atoms with E-state index in [-0.39, 0.29) is 5.46 Å². The Morgan fingerprint density at radius 1 is 0.867 bits per heavy atom. The highest BCUT2D eigenvalue weighted by Gasteiger charge is 2.36. The minimum Gasteiger partial charge on any atom is -0.423 e. The van der Waals surface area contributed by atoms with Crippen molar-refractivity contribution >= 4 is 23.5 Å². The molecule has 3 nitrogen and oxygen atoms in total. The third-order valence-corrected chi connectivity index (χ3v) is 5.21. The number of benzene rings is 3. The lowest BCUT2D eigenvalue weighted by Gasteiger charge is -2.21. The fourth-order valence-electron chi connectivity index (χ4n) is 3.91. The van der Waals surface area contributed by atoms with Crippen LogP contribution in [0.25, 0.3) is 22.2 Å².